The highest BCUT2D eigenvalue weighted by atomic mass is 32.2. The molecule has 0 spiro atoms. The Morgan fingerprint density at radius 3 is 2.52 bits per heavy atom. The predicted molar refractivity (Wildman–Crippen MR) is 127 cm³/mol. The Hall–Kier alpha value is -2.56. The average Bonchev–Trinajstić information content (AvgIpc) is 3.46. The molecule has 1 N–H and O–H groups in total. The van der Waals surface area contributed by atoms with Gasteiger partial charge in [-0.1, -0.05) is 12.5 Å². The summed E-state index contributed by atoms with van der Waals surface area (Å²) in [6, 6.07) is 11.1. The van der Waals surface area contributed by atoms with Crippen molar-refractivity contribution in [3.63, 3.8) is 0 Å². The first-order valence-corrected chi connectivity index (χ1v) is 13.7. The van der Waals surface area contributed by atoms with Gasteiger partial charge in [0.05, 0.1) is 0 Å². The van der Waals surface area contributed by atoms with E-state index in [4.69, 9.17) is 0 Å². The van der Waals surface area contributed by atoms with Crippen LogP contribution in [0.5, 0.6) is 0 Å². The minimum absolute atomic E-state index is 0.0627. The largest absolute Gasteiger partial charge is 0.326 e. The van der Waals surface area contributed by atoms with Crippen molar-refractivity contribution < 1.29 is 13.2 Å². The number of anilines is 1. The third-order valence-corrected chi connectivity index (χ3v) is 9.71. The number of piperidine rings is 1. The normalized spacial score (nSPS) is 17.9. The second kappa shape index (κ2) is 9.36. The van der Waals surface area contributed by atoms with E-state index in [9.17, 15) is 13.2 Å². The van der Waals surface area contributed by atoms with Gasteiger partial charge in [0.1, 0.15) is 10.0 Å². The summed E-state index contributed by atoms with van der Waals surface area (Å²) in [4.78, 5) is 12.8. The average molecular weight is 486 g/mol. The smallest absolute Gasteiger partial charge is 0.252 e. The number of fused-ring (bicyclic) bond motifs is 1. The number of hydrogen-bond donors (Lipinski definition) is 1. The fourth-order valence-corrected chi connectivity index (χ4v) is 7.16. The number of amides is 1. The minimum Gasteiger partial charge on any atom is -0.326 e. The molecule has 0 saturated carbocycles. The first-order valence-electron chi connectivity index (χ1n) is 11.4. The van der Waals surface area contributed by atoms with E-state index in [-0.39, 0.29) is 11.8 Å². The molecule has 0 aliphatic carbocycles. The lowest BCUT2D eigenvalue weighted by Gasteiger charge is -2.30. The van der Waals surface area contributed by atoms with E-state index in [1.54, 1.807) is 17.5 Å². The van der Waals surface area contributed by atoms with Crippen LogP contribution in [0.3, 0.4) is 0 Å². The molecule has 2 aliphatic rings. The molecule has 0 bridgehead atoms. The molecule has 0 atom stereocenters. The highest BCUT2D eigenvalue weighted by Gasteiger charge is 2.32. The van der Waals surface area contributed by atoms with Crippen LogP contribution in [-0.2, 0) is 27.8 Å². The van der Waals surface area contributed by atoms with Crippen LogP contribution in [0.15, 0.2) is 46.0 Å². The maximum atomic E-state index is 12.8. The van der Waals surface area contributed by atoms with Crippen LogP contribution in [0.25, 0.3) is 11.4 Å². The number of aryl methyl sites for hydroxylation is 1. The fourth-order valence-electron chi connectivity index (χ4n) is 4.54. The Balaban J connectivity index is 1.20. The van der Waals surface area contributed by atoms with Gasteiger partial charge in [0.2, 0.25) is 5.91 Å². The van der Waals surface area contributed by atoms with Gasteiger partial charge in [-0.3, -0.25) is 4.79 Å². The number of aromatic nitrogens is 3. The van der Waals surface area contributed by atoms with Crippen molar-refractivity contribution in [1.29, 1.82) is 0 Å². The lowest BCUT2D eigenvalue weighted by Crippen LogP contribution is -2.41. The molecular weight excluding hydrogens is 458 g/mol. The molecule has 5 rings (SSSR count). The van der Waals surface area contributed by atoms with Crippen LogP contribution < -0.4 is 5.32 Å². The number of carbonyl (C=O) groups excluding carboxylic acids is 1. The minimum atomic E-state index is -3.45. The standard InChI is InChI=1S/C23H27N5O3S2/c29-23(18-11-14-27(15-12-18)33(30,31)21-6-4-16-32-21)24-19-9-7-17(8-10-19)22-26-25-20-5-2-1-3-13-28(20)22/h4,6-10,16,18H,1-3,5,11-15H2,(H,24,29). The lowest BCUT2D eigenvalue weighted by molar-refractivity contribution is -0.120. The number of nitrogens with one attached hydrogen (secondary N) is 1. The predicted octanol–water partition coefficient (Wildman–Crippen LogP) is 3.77. The van der Waals surface area contributed by atoms with Gasteiger partial charge in [-0.15, -0.1) is 21.5 Å². The summed E-state index contributed by atoms with van der Waals surface area (Å²) in [7, 11) is -3.45. The highest BCUT2D eigenvalue weighted by Crippen LogP contribution is 2.28. The molecular formula is C23H27N5O3S2. The van der Waals surface area contributed by atoms with Gasteiger partial charge >= 0.3 is 0 Å². The van der Waals surface area contributed by atoms with E-state index in [0.29, 0.717) is 30.1 Å². The number of nitrogens with zero attached hydrogens (tertiary/aromatic N) is 4. The van der Waals surface area contributed by atoms with E-state index in [1.165, 1.54) is 22.1 Å². The Labute approximate surface area is 197 Å². The van der Waals surface area contributed by atoms with E-state index in [2.05, 4.69) is 20.1 Å². The van der Waals surface area contributed by atoms with Crippen molar-refractivity contribution in [2.45, 2.75) is 49.3 Å². The summed E-state index contributed by atoms with van der Waals surface area (Å²) in [5, 5.41) is 13.5. The molecule has 1 fully saturated rings. The van der Waals surface area contributed by atoms with Crippen LogP contribution >= 0.6 is 11.3 Å². The van der Waals surface area contributed by atoms with Gasteiger partial charge in [-0.2, -0.15) is 4.31 Å². The molecule has 1 saturated heterocycles. The van der Waals surface area contributed by atoms with Crippen LogP contribution in [0.2, 0.25) is 0 Å². The maximum absolute atomic E-state index is 12.8. The monoisotopic (exact) mass is 485 g/mol. The van der Waals surface area contributed by atoms with Gasteiger partial charge in [-0.25, -0.2) is 8.42 Å². The molecule has 0 unspecified atom stereocenters. The van der Waals surface area contributed by atoms with E-state index in [0.717, 1.165) is 48.7 Å². The number of carbonyl (C=O) groups is 1. The molecule has 2 aromatic heterocycles. The second-order valence-corrected chi connectivity index (χ2v) is 11.7. The Morgan fingerprint density at radius 2 is 1.79 bits per heavy atom. The van der Waals surface area contributed by atoms with Crippen molar-refractivity contribution in [2.24, 2.45) is 5.92 Å². The fraction of sp³-hybridized carbons (Fsp3) is 0.435. The first-order chi connectivity index (χ1) is 16.0. The van der Waals surface area contributed by atoms with Crippen LogP contribution in [0.4, 0.5) is 5.69 Å². The number of sulfonamides is 1. The maximum Gasteiger partial charge on any atom is 0.252 e. The van der Waals surface area contributed by atoms with Gasteiger partial charge in [-0.05, 0) is 61.4 Å². The second-order valence-electron chi connectivity index (χ2n) is 8.58. The first kappa shape index (κ1) is 22.2. The topological polar surface area (TPSA) is 97.2 Å². The summed E-state index contributed by atoms with van der Waals surface area (Å²) in [5.74, 6) is 1.66. The molecule has 2 aliphatic heterocycles. The van der Waals surface area contributed by atoms with Crippen molar-refractivity contribution >= 4 is 33.0 Å². The lowest BCUT2D eigenvalue weighted by atomic mass is 9.97. The Kier molecular flexibility index (Phi) is 6.31. The molecule has 33 heavy (non-hydrogen) atoms. The van der Waals surface area contributed by atoms with Gasteiger partial charge in [0.25, 0.3) is 10.0 Å². The van der Waals surface area contributed by atoms with Gasteiger partial charge in [0.15, 0.2) is 5.82 Å². The molecule has 8 nitrogen and oxygen atoms in total. The highest BCUT2D eigenvalue weighted by molar-refractivity contribution is 7.91. The zero-order valence-electron chi connectivity index (χ0n) is 18.3. The summed E-state index contributed by atoms with van der Waals surface area (Å²) in [6.45, 7) is 1.65. The number of benzene rings is 1. The zero-order valence-corrected chi connectivity index (χ0v) is 19.9. The van der Waals surface area contributed by atoms with Crippen molar-refractivity contribution in [2.75, 3.05) is 18.4 Å². The molecule has 10 heteroatoms. The summed E-state index contributed by atoms with van der Waals surface area (Å²) < 4.78 is 29.4. The molecule has 4 heterocycles. The van der Waals surface area contributed by atoms with E-state index in [1.807, 2.05) is 24.3 Å². The zero-order chi connectivity index (χ0) is 22.8. The number of hydrogen-bond acceptors (Lipinski definition) is 6. The Morgan fingerprint density at radius 1 is 1.00 bits per heavy atom. The molecule has 1 amide bonds. The van der Waals surface area contributed by atoms with Crippen molar-refractivity contribution in [3.05, 3.63) is 47.6 Å². The van der Waals surface area contributed by atoms with Gasteiger partial charge < -0.3 is 9.88 Å². The van der Waals surface area contributed by atoms with Crippen LogP contribution in [0, 0.1) is 5.92 Å². The molecule has 3 aromatic rings. The third kappa shape index (κ3) is 4.60. The molecule has 1 aromatic carbocycles. The molecule has 174 valence electrons. The molecule has 0 radical (unpaired) electrons. The van der Waals surface area contributed by atoms with E-state index >= 15 is 0 Å². The summed E-state index contributed by atoms with van der Waals surface area (Å²) >= 11 is 1.22. The van der Waals surface area contributed by atoms with Crippen molar-refractivity contribution in [3.8, 4) is 11.4 Å². The van der Waals surface area contributed by atoms with Crippen LogP contribution in [-0.4, -0.2) is 46.5 Å². The summed E-state index contributed by atoms with van der Waals surface area (Å²) in [6.07, 6.45) is 5.50. The van der Waals surface area contributed by atoms with Crippen LogP contribution in [0.1, 0.15) is 37.9 Å². The SMILES string of the molecule is O=C(Nc1ccc(-c2nnc3n2CCCCC3)cc1)C1CCN(S(=O)(=O)c2cccs2)CC1. The quantitative estimate of drug-likeness (QED) is 0.593. The third-order valence-electron chi connectivity index (χ3n) is 6.43. The van der Waals surface area contributed by atoms with Gasteiger partial charge in [0, 0.05) is 43.2 Å². The summed E-state index contributed by atoms with van der Waals surface area (Å²) in [5.41, 5.74) is 1.72. The Bertz CT molecular complexity index is 1210. The number of thiophene rings is 1. The van der Waals surface area contributed by atoms with Crippen molar-refractivity contribution in [1.82, 2.24) is 19.1 Å². The number of rotatable bonds is 5. The van der Waals surface area contributed by atoms with E-state index < -0.39 is 10.0 Å².